The van der Waals surface area contributed by atoms with Crippen LogP contribution in [-0.4, -0.2) is 34.6 Å². The predicted octanol–water partition coefficient (Wildman–Crippen LogP) is 3.22. The van der Waals surface area contributed by atoms with E-state index in [0.29, 0.717) is 35.0 Å². The highest BCUT2D eigenvalue weighted by Crippen LogP contribution is 2.30. The first-order valence-corrected chi connectivity index (χ1v) is 9.50. The number of nitrogens with two attached hydrogens (primary N) is 2. The number of benzene rings is 2. The number of hydrogen-bond acceptors (Lipinski definition) is 6. The molecule has 4 rings (SSSR count). The summed E-state index contributed by atoms with van der Waals surface area (Å²) in [6.45, 7) is 3.49. The lowest BCUT2D eigenvalue weighted by molar-refractivity contribution is 0.137. The molecule has 1 aliphatic rings. The molecule has 4 N–H and O–H groups in total. The molecule has 6 nitrogen and oxygen atoms in total. The fourth-order valence-electron chi connectivity index (χ4n) is 3.69. The standard InChI is InChI=1S/C21H24FN5O/c22-16-6-4-14(5-7-16)12-27-10-8-15(9-11-27)13-28-18-3-1-2-17-19(18)20(23)26-21(24)25-17/h1-7,15H,8-13H2,(H4,23,24,25,26). The zero-order valence-corrected chi connectivity index (χ0v) is 15.6. The second-order valence-electron chi connectivity index (χ2n) is 7.27. The maximum absolute atomic E-state index is 13.0. The largest absolute Gasteiger partial charge is 0.492 e. The summed E-state index contributed by atoms with van der Waals surface area (Å²) in [5.41, 5.74) is 13.5. The zero-order valence-electron chi connectivity index (χ0n) is 15.6. The van der Waals surface area contributed by atoms with Gasteiger partial charge in [0.25, 0.3) is 0 Å². The molecule has 1 aliphatic heterocycles. The zero-order chi connectivity index (χ0) is 19.5. The molecule has 1 fully saturated rings. The number of nitrogens with zero attached hydrogens (tertiary/aromatic N) is 3. The summed E-state index contributed by atoms with van der Waals surface area (Å²) in [5.74, 6) is 1.49. The van der Waals surface area contributed by atoms with Gasteiger partial charge >= 0.3 is 0 Å². The van der Waals surface area contributed by atoms with E-state index in [2.05, 4.69) is 14.9 Å². The number of hydrogen-bond donors (Lipinski definition) is 2. The highest BCUT2D eigenvalue weighted by molar-refractivity contribution is 5.94. The molecule has 1 saturated heterocycles. The summed E-state index contributed by atoms with van der Waals surface area (Å²) < 4.78 is 19.1. The third kappa shape index (κ3) is 4.14. The number of halogens is 1. The third-order valence-electron chi connectivity index (χ3n) is 5.23. The van der Waals surface area contributed by atoms with E-state index in [0.717, 1.165) is 38.0 Å². The first-order valence-electron chi connectivity index (χ1n) is 9.50. The quantitative estimate of drug-likeness (QED) is 0.705. The van der Waals surface area contributed by atoms with Gasteiger partial charge < -0.3 is 16.2 Å². The Kier molecular flexibility index (Phi) is 5.25. The Hall–Kier alpha value is -2.93. The topological polar surface area (TPSA) is 90.3 Å². The van der Waals surface area contributed by atoms with E-state index in [9.17, 15) is 4.39 Å². The van der Waals surface area contributed by atoms with E-state index < -0.39 is 0 Å². The smallest absolute Gasteiger partial charge is 0.222 e. The minimum Gasteiger partial charge on any atom is -0.492 e. The van der Waals surface area contributed by atoms with Crippen LogP contribution in [0.4, 0.5) is 16.2 Å². The van der Waals surface area contributed by atoms with Crippen molar-refractivity contribution < 1.29 is 9.13 Å². The number of rotatable bonds is 5. The van der Waals surface area contributed by atoms with Crippen LogP contribution in [-0.2, 0) is 6.54 Å². The lowest BCUT2D eigenvalue weighted by Gasteiger charge is -2.32. The van der Waals surface area contributed by atoms with Crippen LogP contribution in [0.15, 0.2) is 42.5 Å². The van der Waals surface area contributed by atoms with Gasteiger partial charge in [0.15, 0.2) is 0 Å². The maximum atomic E-state index is 13.0. The van der Waals surface area contributed by atoms with Crippen molar-refractivity contribution in [2.75, 3.05) is 31.2 Å². The molecular weight excluding hydrogens is 357 g/mol. The molecule has 0 unspecified atom stereocenters. The summed E-state index contributed by atoms with van der Waals surface area (Å²) in [5, 5.41) is 0.713. The third-order valence-corrected chi connectivity index (χ3v) is 5.23. The predicted molar refractivity (Wildman–Crippen MR) is 108 cm³/mol. The summed E-state index contributed by atoms with van der Waals surface area (Å²) in [6.07, 6.45) is 2.12. The van der Waals surface area contributed by atoms with E-state index in [4.69, 9.17) is 16.2 Å². The summed E-state index contributed by atoms with van der Waals surface area (Å²) in [4.78, 5) is 10.7. The van der Waals surface area contributed by atoms with Gasteiger partial charge in [-0.05, 0) is 61.7 Å². The number of ether oxygens (including phenoxy) is 1. The van der Waals surface area contributed by atoms with Crippen molar-refractivity contribution in [3.8, 4) is 5.75 Å². The number of aromatic nitrogens is 2. The van der Waals surface area contributed by atoms with Crippen LogP contribution in [0.2, 0.25) is 0 Å². The number of nitrogen functional groups attached to an aromatic ring is 2. The fraction of sp³-hybridized carbons (Fsp3) is 0.333. The molecule has 0 aliphatic carbocycles. The van der Waals surface area contributed by atoms with Gasteiger partial charge in [-0.1, -0.05) is 18.2 Å². The van der Waals surface area contributed by atoms with Crippen molar-refractivity contribution in [3.05, 3.63) is 53.8 Å². The van der Waals surface area contributed by atoms with E-state index in [-0.39, 0.29) is 11.8 Å². The minimum absolute atomic E-state index is 0.163. The van der Waals surface area contributed by atoms with Gasteiger partial charge in [0.1, 0.15) is 17.4 Å². The van der Waals surface area contributed by atoms with Gasteiger partial charge in [-0.2, -0.15) is 4.98 Å². The highest BCUT2D eigenvalue weighted by Gasteiger charge is 2.20. The van der Waals surface area contributed by atoms with Gasteiger partial charge in [-0.25, -0.2) is 9.37 Å². The van der Waals surface area contributed by atoms with E-state index in [1.807, 2.05) is 30.3 Å². The summed E-state index contributed by atoms with van der Waals surface area (Å²) in [6, 6.07) is 12.4. The molecule has 2 heterocycles. The number of anilines is 2. The Morgan fingerprint density at radius 2 is 1.79 bits per heavy atom. The molecule has 28 heavy (non-hydrogen) atoms. The molecular formula is C21H24FN5O. The molecule has 0 saturated carbocycles. The van der Waals surface area contributed by atoms with Gasteiger partial charge in [0.05, 0.1) is 17.5 Å². The summed E-state index contributed by atoms with van der Waals surface area (Å²) >= 11 is 0. The SMILES string of the molecule is Nc1nc(N)c2c(OCC3CCN(Cc4ccc(F)cc4)CC3)cccc2n1. The average Bonchev–Trinajstić information content (AvgIpc) is 2.69. The molecule has 0 radical (unpaired) electrons. The van der Waals surface area contributed by atoms with Crippen LogP contribution in [0.3, 0.4) is 0 Å². The Morgan fingerprint density at radius 1 is 1.04 bits per heavy atom. The van der Waals surface area contributed by atoms with Crippen molar-refractivity contribution in [1.82, 2.24) is 14.9 Å². The first-order chi connectivity index (χ1) is 13.6. The molecule has 0 amide bonds. The molecule has 2 aromatic carbocycles. The monoisotopic (exact) mass is 381 g/mol. The summed E-state index contributed by atoms with van der Waals surface area (Å²) in [7, 11) is 0. The van der Waals surface area contributed by atoms with E-state index in [1.165, 1.54) is 12.1 Å². The number of fused-ring (bicyclic) bond motifs is 1. The second-order valence-corrected chi connectivity index (χ2v) is 7.27. The van der Waals surface area contributed by atoms with E-state index >= 15 is 0 Å². The molecule has 1 aromatic heterocycles. The van der Waals surface area contributed by atoms with Crippen molar-refractivity contribution in [3.63, 3.8) is 0 Å². The van der Waals surface area contributed by atoms with Crippen LogP contribution in [0.1, 0.15) is 18.4 Å². The van der Waals surface area contributed by atoms with Crippen LogP contribution in [0.25, 0.3) is 10.9 Å². The fourth-order valence-corrected chi connectivity index (χ4v) is 3.69. The Morgan fingerprint density at radius 3 is 2.54 bits per heavy atom. The Balaban J connectivity index is 1.33. The van der Waals surface area contributed by atoms with E-state index in [1.54, 1.807) is 0 Å². The van der Waals surface area contributed by atoms with Crippen LogP contribution >= 0.6 is 0 Å². The molecule has 3 aromatic rings. The van der Waals surface area contributed by atoms with Crippen LogP contribution < -0.4 is 16.2 Å². The highest BCUT2D eigenvalue weighted by atomic mass is 19.1. The maximum Gasteiger partial charge on any atom is 0.222 e. The number of piperidine rings is 1. The lowest BCUT2D eigenvalue weighted by Crippen LogP contribution is -2.35. The van der Waals surface area contributed by atoms with Gasteiger partial charge in [0, 0.05) is 6.54 Å². The van der Waals surface area contributed by atoms with Crippen LogP contribution in [0.5, 0.6) is 5.75 Å². The molecule has 0 atom stereocenters. The molecule has 0 spiro atoms. The first kappa shape index (κ1) is 18.4. The average molecular weight is 381 g/mol. The molecule has 0 bridgehead atoms. The normalized spacial score (nSPS) is 15.8. The lowest BCUT2D eigenvalue weighted by atomic mass is 9.97. The van der Waals surface area contributed by atoms with Gasteiger partial charge in [-0.3, -0.25) is 4.90 Å². The second kappa shape index (κ2) is 7.98. The molecule has 146 valence electrons. The Bertz CT molecular complexity index is 955. The van der Waals surface area contributed by atoms with Crippen molar-refractivity contribution in [1.29, 1.82) is 0 Å². The molecule has 7 heteroatoms. The van der Waals surface area contributed by atoms with Gasteiger partial charge in [0.2, 0.25) is 5.95 Å². The Labute approximate surface area is 163 Å². The van der Waals surface area contributed by atoms with Crippen molar-refractivity contribution >= 4 is 22.7 Å². The van der Waals surface area contributed by atoms with Crippen LogP contribution in [0, 0.1) is 11.7 Å². The van der Waals surface area contributed by atoms with Crippen molar-refractivity contribution in [2.24, 2.45) is 5.92 Å². The minimum atomic E-state index is -0.193. The van der Waals surface area contributed by atoms with Gasteiger partial charge in [-0.15, -0.1) is 0 Å². The van der Waals surface area contributed by atoms with Crippen molar-refractivity contribution in [2.45, 2.75) is 19.4 Å². The number of likely N-dealkylation sites (tertiary alicyclic amines) is 1.